The Kier molecular flexibility index (Phi) is 7.70. The highest BCUT2D eigenvalue weighted by atomic mass is 16.3. The summed E-state index contributed by atoms with van der Waals surface area (Å²) < 4.78 is 0. The fourth-order valence-corrected chi connectivity index (χ4v) is 6.00. The zero-order valence-electron chi connectivity index (χ0n) is 20.2. The normalized spacial score (nSPS) is 32.4. The Morgan fingerprint density at radius 2 is 1.89 bits per heavy atom. The van der Waals surface area contributed by atoms with Gasteiger partial charge in [0.2, 0.25) is 5.91 Å². The van der Waals surface area contributed by atoms with Crippen LogP contribution in [-0.2, 0) is 4.79 Å². The monoisotopic (exact) mass is 482 g/mol. The molecule has 1 amide bonds. The first kappa shape index (κ1) is 24.3. The summed E-state index contributed by atoms with van der Waals surface area (Å²) in [6.07, 6.45) is 4.61. The average Bonchev–Trinajstić information content (AvgIpc) is 2.90. The van der Waals surface area contributed by atoms with Crippen LogP contribution in [0.25, 0.3) is 0 Å². The smallest absolute Gasteiger partial charge is 0.242 e. The van der Waals surface area contributed by atoms with Gasteiger partial charge in [0, 0.05) is 63.2 Å². The van der Waals surface area contributed by atoms with Crippen LogP contribution in [0.4, 0.5) is 11.4 Å². The molecular weight excluding hydrogens is 444 g/mol. The first-order valence-corrected chi connectivity index (χ1v) is 13.0. The minimum absolute atomic E-state index is 0.00682. The van der Waals surface area contributed by atoms with E-state index in [1.807, 2.05) is 0 Å². The molecule has 10 heteroatoms. The molecule has 5 atom stereocenters. The number of nitriles is 1. The summed E-state index contributed by atoms with van der Waals surface area (Å²) in [5.74, 6) is 0.549. The van der Waals surface area contributed by atoms with Crippen molar-refractivity contribution >= 4 is 17.3 Å². The van der Waals surface area contributed by atoms with Crippen LogP contribution in [0.3, 0.4) is 0 Å². The Labute approximate surface area is 207 Å². The lowest BCUT2D eigenvalue weighted by Crippen LogP contribution is -2.77. The molecule has 4 fully saturated rings. The second-order valence-corrected chi connectivity index (χ2v) is 10.4. The summed E-state index contributed by atoms with van der Waals surface area (Å²) in [5, 5.41) is 29.5. The average molecular weight is 483 g/mol. The Morgan fingerprint density at radius 3 is 2.63 bits per heavy atom. The molecule has 1 aromatic carbocycles. The molecule has 0 bridgehead atoms. The van der Waals surface area contributed by atoms with E-state index in [0.717, 1.165) is 57.5 Å². The lowest BCUT2D eigenvalue weighted by molar-refractivity contribution is -0.132. The number of likely N-dealkylation sites (tertiary alicyclic amines) is 1. The topological polar surface area (TPSA) is 128 Å². The molecule has 1 aromatic rings. The third-order valence-corrected chi connectivity index (χ3v) is 8.06. The number of carbonyl (C=O) groups is 1. The van der Waals surface area contributed by atoms with Crippen LogP contribution in [-0.4, -0.2) is 73.7 Å². The number of hydrogen-bond acceptors (Lipinski definition) is 9. The van der Waals surface area contributed by atoms with E-state index < -0.39 is 0 Å². The molecule has 4 heterocycles. The maximum atomic E-state index is 12.8. The van der Waals surface area contributed by atoms with Crippen molar-refractivity contribution in [2.75, 3.05) is 49.5 Å². The van der Waals surface area contributed by atoms with Gasteiger partial charge in [-0.1, -0.05) is 0 Å². The molecule has 0 aliphatic carbocycles. The number of piperidine rings is 2. The largest absolute Gasteiger partial charge is 0.396 e. The van der Waals surface area contributed by atoms with Gasteiger partial charge < -0.3 is 15.3 Å². The molecule has 35 heavy (non-hydrogen) atoms. The highest BCUT2D eigenvalue weighted by Gasteiger charge is 2.45. The Balaban J connectivity index is 1.26. The Hall–Kier alpha value is -2.42. The van der Waals surface area contributed by atoms with E-state index in [1.54, 1.807) is 0 Å². The zero-order valence-corrected chi connectivity index (χ0v) is 20.2. The molecule has 4 aliphatic heterocycles. The number of hydrazine groups is 1. The van der Waals surface area contributed by atoms with Gasteiger partial charge in [-0.05, 0) is 61.8 Å². The number of nitrogens with one attached hydrogen (secondary N) is 5. The van der Waals surface area contributed by atoms with Crippen molar-refractivity contribution in [2.24, 2.45) is 17.8 Å². The second-order valence-electron chi connectivity index (χ2n) is 10.4. The number of amides is 1. The predicted molar refractivity (Wildman–Crippen MR) is 134 cm³/mol. The fourth-order valence-electron chi connectivity index (χ4n) is 6.00. The molecule has 10 nitrogen and oxygen atoms in total. The molecular formula is C25H38N8O2. The summed E-state index contributed by atoms with van der Waals surface area (Å²) in [7, 11) is 0. The lowest BCUT2D eigenvalue weighted by Gasteiger charge is -2.49. The summed E-state index contributed by atoms with van der Waals surface area (Å²) in [6, 6.07) is 10.7. The highest BCUT2D eigenvalue weighted by Crippen LogP contribution is 2.27. The second kappa shape index (κ2) is 11.1. The van der Waals surface area contributed by atoms with E-state index in [-0.39, 0.29) is 36.9 Å². The maximum absolute atomic E-state index is 12.8. The van der Waals surface area contributed by atoms with Gasteiger partial charge in [-0.3, -0.25) is 25.8 Å². The number of aliphatic hydroxyl groups is 1. The van der Waals surface area contributed by atoms with E-state index in [0.29, 0.717) is 24.8 Å². The number of anilines is 2. The summed E-state index contributed by atoms with van der Waals surface area (Å²) >= 11 is 0. The van der Waals surface area contributed by atoms with Gasteiger partial charge in [0.05, 0.1) is 18.2 Å². The molecule has 0 spiro atoms. The van der Waals surface area contributed by atoms with Crippen molar-refractivity contribution in [3.05, 3.63) is 24.3 Å². The number of rotatable bonds is 6. The molecule has 0 saturated carbocycles. The number of nitrogens with zero attached hydrogens (tertiary/aromatic N) is 3. The van der Waals surface area contributed by atoms with Crippen molar-refractivity contribution in [1.82, 2.24) is 26.4 Å². The van der Waals surface area contributed by atoms with Gasteiger partial charge in [-0.25, -0.2) is 5.43 Å². The number of benzene rings is 1. The molecule has 4 saturated heterocycles. The van der Waals surface area contributed by atoms with Crippen LogP contribution in [0.2, 0.25) is 0 Å². The number of aliphatic hydroxyl groups excluding tert-OH is 1. The highest BCUT2D eigenvalue weighted by molar-refractivity contribution is 5.81. The zero-order chi connectivity index (χ0) is 24.2. The first-order valence-electron chi connectivity index (χ1n) is 13.0. The lowest BCUT2D eigenvalue weighted by atomic mass is 9.90. The van der Waals surface area contributed by atoms with Crippen LogP contribution < -0.4 is 31.7 Å². The first-order chi connectivity index (χ1) is 17.1. The van der Waals surface area contributed by atoms with E-state index in [1.165, 1.54) is 5.69 Å². The van der Waals surface area contributed by atoms with E-state index in [4.69, 9.17) is 5.26 Å². The van der Waals surface area contributed by atoms with Crippen molar-refractivity contribution in [2.45, 2.75) is 50.6 Å². The SMILES string of the molecule is N#CCC1CCN(C2NC3CNNC(=O)C3C(Nc3ccc(N4CCCC(CO)C4)cc3)N2)CC1. The minimum atomic E-state index is -0.254. The van der Waals surface area contributed by atoms with Gasteiger partial charge in [-0.2, -0.15) is 5.26 Å². The molecule has 6 N–H and O–H groups in total. The van der Waals surface area contributed by atoms with Crippen LogP contribution in [0.1, 0.15) is 32.1 Å². The molecule has 5 unspecified atom stereocenters. The van der Waals surface area contributed by atoms with Crippen molar-refractivity contribution in [3.8, 4) is 6.07 Å². The third kappa shape index (κ3) is 5.55. The van der Waals surface area contributed by atoms with Crippen molar-refractivity contribution in [1.29, 1.82) is 5.26 Å². The van der Waals surface area contributed by atoms with Gasteiger partial charge in [0.15, 0.2) is 0 Å². The maximum Gasteiger partial charge on any atom is 0.242 e. The molecule has 5 rings (SSSR count). The third-order valence-electron chi connectivity index (χ3n) is 8.06. The minimum Gasteiger partial charge on any atom is -0.396 e. The van der Waals surface area contributed by atoms with Gasteiger partial charge in [-0.15, -0.1) is 0 Å². The van der Waals surface area contributed by atoms with Gasteiger partial charge in [0.25, 0.3) is 0 Å². The Morgan fingerprint density at radius 1 is 1.09 bits per heavy atom. The number of fused-ring (bicyclic) bond motifs is 1. The summed E-state index contributed by atoms with van der Waals surface area (Å²) in [5.41, 5.74) is 7.96. The number of carbonyl (C=O) groups excluding carboxylic acids is 1. The molecule has 190 valence electrons. The summed E-state index contributed by atoms with van der Waals surface area (Å²) in [6.45, 7) is 4.68. The number of hydrogen-bond donors (Lipinski definition) is 6. The van der Waals surface area contributed by atoms with E-state index in [2.05, 4.69) is 66.9 Å². The van der Waals surface area contributed by atoms with Crippen molar-refractivity contribution in [3.63, 3.8) is 0 Å². The molecule has 0 radical (unpaired) electrons. The van der Waals surface area contributed by atoms with Crippen molar-refractivity contribution < 1.29 is 9.90 Å². The van der Waals surface area contributed by atoms with Gasteiger partial charge in [0.1, 0.15) is 6.29 Å². The van der Waals surface area contributed by atoms with E-state index in [9.17, 15) is 9.90 Å². The molecule has 0 aromatic heterocycles. The van der Waals surface area contributed by atoms with Crippen LogP contribution in [0.15, 0.2) is 24.3 Å². The van der Waals surface area contributed by atoms with Crippen LogP contribution in [0.5, 0.6) is 0 Å². The van der Waals surface area contributed by atoms with E-state index >= 15 is 0 Å². The predicted octanol–water partition coefficient (Wildman–Crippen LogP) is 0.355. The van der Waals surface area contributed by atoms with Crippen LogP contribution in [0, 0.1) is 29.1 Å². The fraction of sp³-hybridized carbons (Fsp3) is 0.680. The summed E-state index contributed by atoms with van der Waals surface area (Å²) in [4.78, 5) is 17.5. The Bertz CT molecular complexity index is 898. The quantitative estimate of drug-likeness (QED) is 0.340. The molecule has 4 aliphatic rings. The van der Waals surface area contributed by atoms with Gasteiger partial charge >= 0.3 is 0 Å². The van der Waals surface area contributed by atoms with Crippen LogP contribution >= 0.6 is 0 Å². The standard InChI is InChI=1S/C25H38N8O2/c26-10-7-17-8-12-32(13-9-17)25-29-21-14-27-31-24(35)22(21)23(30-25)28-19-3-5-20(6-4-19)33-11-1-2-18(15-33)16-34/h3-6,17-18,21-23,25,27-30,34H,1-2,7-9,11-16H2,(H,31,35).